The number of phosphoric ester groups is 1. The second kappa shape index (κ2) is 8.11. The zero-order valence-corrected chi connectivity index (χ0v) is 12.4. The minimum atomic E-state index is -3.56. The summed E-state index contributed by atoms with van der Waals surface area (Å²) in [5, 5.41) is 10.8. The number of nitrogens with zero attached hydrogens (tertiary/aromatic N) is 1. The van der Waals surface area contributed by atoms with Gasteiger partial charge in [0, 0.05) is 18.1 Å². The minimum Gasteiger partial charge on any atom is -0.287 e. The van der Waals surface area contributed by atoms with Gasteiger partial charge in [0.1, 0.15) is 0 Å². The van der Waals surface area contributed by atoms with Crippen molar-refractivity contribution in [2.45, 2.75) is 20.3 Å². The summed E-state index contributed by atoms with van der Waals surface area (Å²) < 4.78 is 27.1. The lowest BCUT2D eigenvalue weighted by molar-refractivity contribution is -0.385. The molecule has 0 unspecified atom stereocenters. The normalized spacial score (nSPS) is 11.5. The second-order valence-corrected chi connectivity index (χ2v) is 5.42. The van der Waals surface area contributed by atoms with Crippen molar-refractivity contribution in [1.29, 1.82) is 0 Å². The van der Waals surface area contributed by atoms with Gasteiger partial charge >= 0.3 is 7.82 Å². The molecule has 0 atom stereocenters. The Bertz CT molecular complexity index is 483. The molecule has 8 heteroatoms. The Balaban J connectivity index is 2.63. The van der Waals surface area contributed by atoms with Gasteiger partial charge in [-0.2, -0.15) is 0 Å². The van der Waals surface area contributed by atoms with Crippen LogP contribution in [0, 0.1) is 10.1 Å². The van der Waals surface area contributed by atoms with E-state index in [4.69, 9.17) is 13.6 Å². The highest BCUT2D eigenvalue weighted by molar-refractivity contribution is 7.48. The average Bonchev–Trinajstić information content (AvgIpc) is 2.39. The number of benzene rings is 1. The van der Waals surface area contributed by atoms with Gasteiger partial charge in [-0.3, -0.25) is 23.7 Å². The molecular weight excluding hydrogens is 285 g/mol. The largest absolute Gasteiger partial charge is 0.474 e. The monoisotopic (exact) mass is 303 g/mol. The van der Waals surface area contributed by atoms with E-state index >= 15 is 0 Å². The summed E-state index contributed by atoms with van der Waals surface area (Å²) in [7, 11) is -3.56. The van der Waals surface area contributed by atoms with Gasteiger partial charge in [0.05, 0.1) is 24.7 Å². The Kier molecular flexibility index (Phi) is 6.81. The van der Waals surface area contributed by atoms with Gasteiger partial charge < -0.3 is 0 Å². The van der Waals surface area contributed by atoms with Crippen molar-refractivity contribution in [2.24, 2.45) is 0 Å². The van der Waals surface area contributed by atoms with Crippen molar-refractivity contribution >= 4 is 13.5 Å². The Labute approximate surface area is 117 Å². The fourth-order valence-electron chi connectivity index (χ4n) is 1.60. The van der Waals surface area contributed by atoms with Crippen molar-refractivity contribution in [3.63, 3.8) is 0 Å². The van der Waals surface area contributed by atoms with Crippen LogP contribution in [0.1, 0.15) is 19.4 Å². The second-order valence-electron chi connectivity index (χ2n) is 3.75. The van der Waals surface area contributed by atoms with Crippen LogP contribution in [0.5, 0.6) is 0 Å². The van der Waals surface area contributed by atoms with Crippen molar-refractivity contribution in [3.8, 4) is 0 Å². The van der Waals surface area contributed by atoms with Crippen LogP contribution >= 0.6 is 7.82 Å². The summed E-state index contributed by atoms with van der Waals surface area (Å²) in [5.41, 5.74) is 0.524. The molecule has 0 aromatic heterocycles. The highest BCUT2D eigenvalue weighted by Crippen LogP contribution is 2.49. The minimum absolute atomic E-state index is 0.0127. The van der Waals surface area contributed by atoms with E-state index < -0.39 is 12.7 Å². The zero-order chi connectivity index (χ0) is 15.0. The van der Waals surface area contributed by atoms with E-state index in [1.807, 2.05) is 0 Å². The third kappa shape index (κ3) is 5.02. The molecule has 1 aromatic carbocycles. The summed E-state index contributed by atoms with van der Waals surface area (Å²) in [4.78, 5) is 10.4. The number of phosphoric acid groups is 1. The van der Waals surface area contributed by atoms with Gasteiger partial charge in [-0.25, -0.2) is 4.57 Å². The van der Waals surface area contributed by atoms with Crippen molar-refractivity contribution in [2.75, 3.05) is 19.8 Å². The molecule has 0 aliphatic heterocycles. The van der Waals surface area contributed by atoms with E-state index in [1.54, 1.807) is 32.0 Å². The Morgan fingerprint density at radius 1 is 1.15 bits per heavy atom. The van der Waals surface area contributed by atoms with E-state index in [2.05, 4.69) is 0 Å². The molecule has 0 aliphatic carbocycles. The lowest BCUT2D eigenvalue weighted by Crippen LogP contribution is -2.04. The van der Waals surface area contributed by atoms with Crippen molar-refractivity contribution in [3.05, 3.63) is 39.9 Å². The van der Waals surface area contributed by atoms with Crippen LogP contribution in [0.2, 0.25) is 0 Å². The molecule has 0 aliphatic rings. The van der Waals surface area contributed by atoms with Crippen LogP contribution in [0.15, 0.2) is 24.3 Å². The Morgan fingerprint density at radius 3 is 2.30 bits per heavy atom. The van der Waals surface area contributed by atoms with E-state index in [-0.39, 0.29) is 31.9 Å². The fourth-order valence-corrected chi connectivity index (χ4v) is 2.77. The molecular formula is C12H18NO6P. The standard InChI is InChI=1S/C12H18NO6P/c1-3-17-20(16,18-4-2)19-10-9-11-7-5-6-8-12(11)13(14)15/h5-8H,3-4,9-10H2,1-2H3. The van der Waals surface area contributed by atoms with Crippen LogP contribution < -0.4 is 0 Å². The first-order valence-corrected chi connectivity index (χ1v) is 7.74. The lowest BCUT2D eigenvalue weighted by Gasteiger charge is -2.16. The van der Waals surface area contributed by atoms with Gasteiger partial charge in [0.15, 0.2) is 0 Å². The summed E-state index contributed by atoms with van der Waals surface area (Å²) >= 11 is 0. The molecule has 0 fully saturated rings. The smallest absolute Gasteiger partial charge is 0.287 e. The third-order valence-corrected chi connectivity index (χ3v) is 4.03. The summed E-state index contributed by atoms with van der Waals surface area (Å²) in [5.74, 6) is 0. The van der Waals surface area contributed by atoms with Crippen molar-refractivity contribution in [1.82, 2.24) is 0 Å². The summed E-state index contributed by atoms with van der Waals surface area (Å²) in [6, 6.07) is 6.34. The maximum absolute atomic E-state index is 12.0. The number of rotatable bonds is 9. The molecule has 7 nitrogen and oxygen atoms in total. The quantitative estimate of drug-likeness (QED) is 0.395. The number of hydrogen-bond donors (Lipinski definition) is 0. The van der Waals surface area contributed by atoms with Gasteiger partial charge in [0.2, 0.25) is 0 Å². The molecule has 1 rings (SSSR count). The molecule has 0 saturated carbocycles. The molecule has 0 N–H and O–H groups in total. The number of nitro benzene ring substituents is 1. The maximum atomic E-state index is 12.0. The van der Waals surface area contributed by atoms with Gasteiger partial charge in [-0.05, 0) is 13.8 Å². The van der Waals surface area contributed by atoms with Crippen LogP contribution in [0.25, 0.3) is 0 Å². The van der Waals surface area contributed by atoms with Crippen LogP contribution in [-0.4, -0.2) is 24.7 Å². The summed E-state index contributed by atoms with van der Waals surface area (Å²) in [6.45, 7) is 3.77. The molecule has 1 aromatic rings. The average molecular weight is 303 g/mol. The number of nitro groups is 1. The Morgan fingerprint density at radius 2 is 1.75 bits per heavy atom. The topological polar surface area (TPSA) is 87.9 Å². The number of para-hydroxylation sites is 1. The number of hydrogen-bond acceptors (Lipinski definition) is 6. The first-order valence-electron chi connectivity index (χ1n) is 6.28. The van der Waals surface area contributed by atoms with E-state index in [0.29, 0.717) is 5.56 Å². The van der Waals surface area contributed by atoms with Crippen LogP contribution in [0.3, 0.4) is 0 Å². The van der Waals surface area contributed by atoms with Crippen LogP contribution in [-0.2, 0) is 24.6 Å². The molecule has 0 radical (unpaired) electrons. The van der Waals surface area contributed by atoms with Gasteiger partial charge in [0.25, 0.3) is 5.69 Å². The predicted molar refractivity (Wildman–Crippen MR) is 73.6 cm³/mol. The Hall–Kier alpha value is -1.27. The predicted octanol–water partition coefficient (Wildman–Crippen LogP) is 3.34. The molecule has 0 bridgehead atoms. The maximum Gasteiger partial charge on any atom is 0.474 e. The van der Waals surface area contributed by atoms with E-state index in [9.17, 15) is 14.7 Å². The third-order valence-electron chi connectivity index (χ3n) is 2.38. The first-order chi connectivity index (χ1) is 9.52. The zero-order valence-electron chi connectivity index (χ0n) is 11.5. The molecule has 112 valence electrons. The van der Waals surface area contributed by atoms with E-state index in [0.717, 1.165) is 0 Å². The highest BCUT2D eigenvalue weighted by Gasteiger charge is 2.25. The lowest BCUT2D eigenvalue weighted by atomic mass is 10.1. The molecule has 0 amide bonds. The highest BCUT2D eigenvalue weighted by atomic mass is 31.2. The summed E-state index contributed by atoms with van der Waals surface area (Å²) in [6.07, 6.45) is 0.251. The molecule has 0 spiro atoms. The molecule has 0 heterocycles. The van der Waals surface area contributed by atoms with E-state index in [1.165, 1.54) is 6.07 Å². The fraction of sp³-hybridized carbons (Fsp3) is 0.500. The van der Waals surface area contributed by atoms with Gasteiger partial charge in [-0.1, -0.05) is 18.2 Å². The van der Waals surface area contributed by atoms with Crippen molar-refractivity contribution < 1.29 is 23.1 Å². The SMILES string of the molecule is CCOP(=O)(OCC)OCCc1ccccc1[N+](=O)[O-]. The van der Waals surface area contributed by atoms with Crippen LogP contribution in [0.4, 0.5) is 5.69 Å². The molecule has 0 saturated heterocycles. The molecule has 20 heavy (non-hydrogen) atoms. The first kappa shape index (κ1) is 16.8. The van der Waals surface area contributed by atoms with Gasteiger partial charge in [-0.15, -0.1) is 0 Å².